The molecular formula is C4H8BO-. The van der Waals surface area contributed by atoms with Crippen LogP contribution in [0.15, 0.2) is 0 Å². The molecule has 34 valence electrons. The van der Waals surface area contributed by atoms with Gasteiger partial charge in [0.2, 0.25) is 0 Å². The maximum atomic E-state index is 4.94. The summed E-state index contributed by atoms with van der Waals surface area (Å²) in [6.45, 7) is 2.00. The Bertz CT molecular complexity index is 19.1. The van der Waals surface area contributed by atoms with Crippen molar-refractivity contribution in [1.29, 1.82) is 0 Å². The molecule has 0 spiro atoms. The second kappa shape index (κ2) is 3.22. The minimum Gasteiger partial charge on any atom is -1.00 e. The quantitative estimate of drug-likeness (QED) is 0.385. The molecule has 0 atom stereocenters. The molecule has 6 heavy (non-hydrogen) atoms. The first-order chi connectivity index (χ1) is 2.50. The predicted octanol–water partition coefficient (Wildman–Crippen LogP) is 0.416. The van der Waals surface area contributed by atoms with Crippen molar-refractivity contribution in [3.05, 3.63) is 0 Å². The summed E-state index contributed by atoms with van der Waals surface area (Å²) in [6.07, 6.45) is 2.56. The molecule has 0 aliphatic carbocycles. The molecule has 0 saturated carbocycles. The van der Waals surface area contributed by atoms with Crippen LogP contribution in [0.3, 0.4) is 0 Å². The van der Waals surface area contributed by atoms with Crippen LogP contribution in [-0.4, -0.2) is 21.6 Å². The van der Waals surface area contributed by atoms with Gasteiger partial charge in [0.15, 0.2) is 0 Å². The van der Waals surface area contributed by atoms with E-state index in [2.05, 4.69) is 0 Å². The van der Waals surface area contributed by atoms with Crippen molar-refractivity contribution in [2.45, 2.75) is 12.8 Å². The fourth-order valence-corrected chi connectivity index (χ4v) is 0.510. The first kappa shape index (κ1) is 6.02. The van der Waals surface area contributed by atoms with Crippen molar-refractivity contribution in [3.8, 4) is 0 Å². The molecule has 1 saturated heterocycles. The SMILES string of the molecule is C1CCOC1.[B-]. The molecule has 2 heteroatoms. The third kappa shape index (κ3) is 1.46. The van der Waals surface area contributed by atoms with E-state index in [1.807, 2.05) is 0 Å². The van der Waals surface area contributed by atoms with E-state index in [9.17, 15) is 0 Å². The molecule has 1 aliphatic rings. The fourth-order valence-electron chi connectivity index (χ4n) is 0.510. The van der Waals surface area contributed by atoms with Crippen molar-refractivity contribution in [2.24, 2.45) is 0 Å². The molecule has 0 N–H and O–H groups in total. The Hall–Kier alpha value is 0.0249. The van der Waals surface area contributed by atoms with E-state index in [-0.39, 0.29) is 8.41 Å². The van der Waals surface area contributed by atoms with Crippen LogP contribution in [0, 0.1) is 0 Å². The average molecular weight is 82.9 g/mol. The summed E-state index contributed by atoms with van der Waals surface area (Å²) in [5.74, 6) is 0. The van der Waals surface area contributed by atoms with Crippen LogP contribution in [0.1, 0.15) is 12.8 Å². The molecule has 1 rings (SSSR count). The Morgan fingerprint density at radius 3 is 1.67 bits per heavy atom. The number of hydrogen-bond donors (Lipinski definition) is 0. The van der Waals surface area contributed by atoms with Gasteiger partial charge in [-0.25, -0.2) is 0 Å². The predicted molar refractivity (Wildman–Crippen MR) is 25.8 cm³/mol. The highest BCUT2D eigenvalue weighted by Gasteiger charge is 1.94. The summed E-state index contributed by atoms with van der Waals surface area (Å²) >= 11 is 0. The molecular weight excluding hydrogens is 74.9 g/mol. The molecule has 1 fully saturated rings. The Kier molecular flexibility index (Phi) is 3.24. The molecule has 1 heterocycles. The average Bonchev–Trinajstić information content (AvgIpc) is 1.76. The molecule has 0 aromatic heterocycles. The van der Waals surface area contributed by atoms with Gasteiger partial charge in [-0.3, -0.25) is 0 Å². The molecule has 0 unspecified atom stereocenters. The Morgan fingerprint density at radius 1 is 1.00 bits per heavy atom. The van der Waals surface area contributed by atoms with Gasteiger partial charge in [-0.1, -0.05) is 0 Å². The summed E-state index contributed by atoms with van der Waals surface area (Å²) < 4.78 is 4.94. The van der Waals surface area contributed by atoms with E-state index >= 15 is 0 Å². The van der Waals surface area contributed by atoms with Crippen LogP contribution >= 0.6 is 0 Å². The second-order valence-electron chi connectivity index (χ2n) is 1.32. The van der Waals surface area contributed by atoms with E-state index in [4.69, 9.17) is 4.74 Å². The van der Waals surface area contributed by atoms with Crippen LogP contribution < -0.4 is 0 Å². The maximum Gasteiger partial charge on any atom is 0.0466 e. The van der Waals surface area contributed by atoms with Crippen LogP contribution in [0.5, 0.6) is 0 Å². The van der Waals surface area contributed by atoms with Gasteiger partial charge in [0, 0.05) is 13.2 Å². The van der Waals surface area contributed by atoms with Gasteiger partial charge in [0.25, 0.3) is 0 Å². The second-order valence-corrected chi connectivity index (χ2v) is 1.32. The van der Waals surface area contributed by atoms with Gasteiger partial charge >= 0.3 is 0 Å². The highest BCUT2D eigenvalue weighted by molar-refractivity contribution is 5.75. The molecule has 4 radical (unpaired) electrons. The zero-order valence-corrected chi connectivity index (χ0v) is 3.81. The molecule has 0 aromatic carbocycles. The van der Waals surface area contributed by atoms with E-state index in [0.717, 1.165) is 13.2 Å². The highest BCUT2D eigenvalue weighted by atomic mass is 16.5. The summed E-state index contributed by atoms with van der Waals surface area (Å²) in [4.78, 5) is 0. The number of ether oxygens (including phenoxy) is 1. The molecule has 1 nitrogen and oxygen atoms in total. The number of hydrogen-bond acceptors (Lipinski definition) is 1. The zero-order chi connectivity index (χ0) is 3.54. The van der Waals surface area contributed by atoms with E-state index in [1.165, 1.54) is 12.8 Å². The zero-order valence-electron chi connectivity index (χ0n) is 3.81. The summed E-state index contributed by atoms with van der Waals surface area (Å²) in [6, 6.07) is 0. The van der Waals surface area contributed by atoms with Gasteiger partial charge in [-0.15, -0.1) is 0 Å². The lowest BCUT2D eigenvalue weighted by atomic mass is 10.4. The Morgan fingerprint density at radius 2 is 1.50 bits per heavy atom. The molecule has 0 bridgehead atoms. The van der Waals surface area contributed by atoms with Crippen LogP contribution in [0.4, 0.5) is 0 Å². The lowest BCUT2D eigenvalue weighted by Gasteiger charge is -1.76. The molecule has 0 aromatic rings. The third-order valence-corrected chi connectivity index (χ3v) is 0.827. The first-order valence-corrected chi connectivity index (χ1v) is 2.08. The van der Waals surface area contributed by atoms with Gasteiger partial charge in [-0.05, 0) is 12.8 Å². The van der Waals surface area contributed by atoms with Crippen molar-refractivity contribution in [2.75, 3.05) is 13.2 Å². The van der Waals surface area contributed by atoms with Gasteiger partial charge in [0.05, 0.1) is 0 Å². The van der Waals surface area contributed by atoms with Crippen molar-refractivity contribution in [3.63, 3.8) is 0 Å². The minimum atomic E-state index is 0. The van der Waals surface area contributed by atoms with Gasteiger partial charge in [0.1, 0.15) is 0 Å². The first-order valence-electron chi connectivity index (χ1n) is 2.08. The molecule has 1 aliphatic heterocycles. The fraction of sp³-hybridized carbons (Fsp3) is 1.00. The maximum absolute atomic E-state index is 4.94. The lowest BCUT2D eigenvalue weighted by molar-refractivity contribution is 0.198. The Labute approximate surface area is 40.3 Å². The van der Waals surface area contributed by atoms with Crippen LogP contribution in [0.2, 0.25) is 0 Å². The standard InChI is InChI=1S/C4H8O.B/c1-2-4-5-3-1;/h1-4H2;/q;-1. The van der Waals surface area contributed by atoms with E-state index in [0.29, 0.717) is 0 Å². The summed E-state index contributed by atoms with van der Waals surface area (Å²) in [5.41, 5.74) is 0. The van der Waals surface area contributed by atoms with Gasteiger partial charge in [-0.2, -0.15) is 0 Å². The minimum absolute atomic E-state index is 0. The summed E-state index contributed by atoms with van der Waals surface area (Å²) in [5, 5.41) is 0. The smallest absolute Gasteiger partial charge is 0.0466 e. The highest BCUT2D eigenvalue weighted by Crippen LogP contribution is 1.98. The van der Waals surface area contributed by atoms with E-state index < -0.39 is 0 Å². The number of rotatable bonds is 0. The van der Waals surface area contributed by atoms with Crippen molar-refractivity contribution >= 4 is 8.41 Å². The lowest BCUT2D eigenvalue weighted by Crippen LogP contribution is -1.74. The Balaban J connectivity index is 0.000000250. The van der Waals surface area contributed by atoms with Crippen molar-refractivity contribution in [1.82, 2.24) is 0 Å². The van der Waals surface area contributed by atoms with Gasteiger partial charge < -0.3 is 13.1 Å². The molecule has 0 amide bonds. The van der Waals surface area contributed by atoms with Crippen molar-refractivity contribution < 1.29 is 4.74 Å². The largest absolute Gasteiger partial charge is 1.00 e. The van der Waals surface area contributed by atoms with Crippen LogP contribution in [0.25, 0.3) is 0 Å². The normalized spacial score (nSPS) is 20.0. The third-order valence-electron chi connectivity index (χ3n) is 0.827. The monoisotopic (exact) mass is 83.1 g/mol. The van der Waals surface area contributed by atoms with Crippen LogP contribution in [-0.2, 0) is 4.74 Å². The summed E-state index contributed by atoms with van der Waals surface area (Å²) in [7, 11) is 0. The topological polar surface area (TPSA) is 9.23 Å². The van der Waals surface area contributed by atoms with E-state index in [1.54, 1.807) is 0 Å².